The highest BCUT2D eigenvalue weighted by Crippen LogP contribution is 2.68. The predicted octanol–water partition coefficient (Wildman–Crippen LogP) is 1.04. The Balaban J connectivity index is 2.57. The number of amides is 4. The Morgan fingerprint density at radius 1 is 0.938 bits per heavy atom. The smallest absolute Gasteiger partial charge is 0.278 e. The zero-order valence-corrected chi connectivity index (χ0v) is 10.3. The molecule has 1 fully saturated rings. The third kappa shape index (κ3) is 1.94. The van der Waals surface area contributed by atoms with Crippen molar-refractivity contribution in [2.75, 3.05) is 0 Å². The Kier molecular flexibility index (Phi) is 2.83. The van der Waals surface area contributed by atoms with Crippen molar-refractivity contribution in [2.24, 2.45) is 16.7 Å². The van der Waals surface area contributed by atoms with E-state index in [1.807, 2.05) is 33.0 Å². The van der Waals surface area contributed by atoms with Crippen LogP contribution in [0.3, 0.4) is 0 Å². The SMILES string of the molecule is CC(=O)NC(=O)NC(=O)C1C(C)(C)C1(C)C. The number of nitrogens with one attached hydrogen (secondary N) is 2. The van der Waals surface area contributed by atoms with Crippen molar-refractivity contribution < 1.29 is 14.4 Å². The van der Waals surface area contributed by atoms with Gasteiger partial charge in [-0.3, -0.25) is 20.2 Å². The third-order valence-electron chi connectivity index (χ3n) is 3.81. The van der Waals surface area contributed by atoms with Crippen molar-refractivity contribution in [3.63, 3.8) is 0 Å². The highest BCUT2D eigenvalue weighted by molar-refractivity contribution is 6.03. The minimum atomic E-state index is -0.754. The van der Waals surface area contributed by atoms with Crippen LogP contribution < -0.4 is 10.6 Å². The first-order valence-electron chi connectivity index (χ1n) is 5.23. The van der Waals surface area contributed by atoms with Crippen LogP contribution in [-0.4, -0.2) is 17.8 Å². The Bertz CT molecular complexity index is 344. The molecule has 16 heavy (non-hydrogen) atoms. The Hall–Kier alpha value is -1.39. The van der Waals surface area contributed by atoms with Gasteiger partial charge in [0.15, 0.2) is 0 Å². The molecule has 0 radical (unpaired) electrons. The largest absolute Gasteiger partial charge is 0.328 e. The first-order valence-corrected chi connectivity index (χ1v) is 5.23. The highest BCUT2D eigenvalue weighted by atomic mass is 16.2. The molecule has 0 aromatic heterocycles. The number of hydrogen-bond acceptors (Lipinski definition) is 3. The first kappa shape index (κ1) is 12.7. The van der Waals surface area contributed by atoms with Gasteiger partial charge < -0.3 is 0 Å². The molecule has 90 valence electrons. The van der Waals surface area contributed by atoms with Gasteiger partial charge in [0.1, 0.15) is 0 Å². The lowest BCUT2D eigenvalue weighted by Gasteiger charge is -2.04. The zero-order chi connectivity index (χ0) is 12.7. The van der Waals surface area contributed by atoms with Crippen molar-refractivity contribution in [1.82, 2.24) is 10.6 Å². The number of carbonyl (C=O) groups excluding carboxylic acids is 3. The zero-order valence-electron chi connectivity index (χ0n) is 10.3. The highest BCUT2D eigenvalue weighted by Gasteiger charge is 2.68. The second-order valence-corrected chi connectivity index (χ2v) is 5.38. The summed E-state index contributed by atoms with van der Waals surface area (Å²) in [5.41, 5.74) is -0.235. The number of carbonyl (C=O) groups is 3. The summed E-state index contributed by atoms with van der Waals surface area (Å²) in [6.45, 7) is 9.16. The van der Waals surface area contributed by atoms with Crippen LogP contribution in [-0.2, 0) is 9.59 Å². The lowest BCUT2D eigenvalue weighted by Crippen LogP contribution is -2.42. The molecule has 1 saturated carbocycles. The summed E-state index contributed by atoms with van der Waals surface area (Å²) in [6.07, 6.45) is 0. The van der Waals surface area contributed by atoms with E-state index in [1.54, 1.807) is 0 Å². The quantitative estimate of drug-likeness (QED) is 0.701. The molecular weight excluding hydrogens is 208 g/mol. The maximum atomic E-state index is 11.7. The summed E-state index contributed by atoms with van der Waals surface area (Å²) >= 11 is 0. The van der Waals surface area contributed by atoms with Gasteiger partial charge in [0.05, 0.1) is 0 Å². The van der Waals surface area contributed by atoms with Crippen LogP contribution in [0.1, 0.15) is 34.6 Å². The molecule has 1 aliphatic carbocycles. The molecule has 1 aliphatic rings. The molecule has 0 heterocycles. The Morgan fingerprint density at radius 2 is 1.38 bits per heavy atom. The van der Waals surface area contributed by atoms with Gasteiger partial charge in [0.2, 0.25) is 11.8 Å². The maximum absolute atomic E-state index is 11.7. The van der Waals surface area contributed by atoms with Gasteiger partial charge in [0.25, 0.3) is 0 Å². The van der Waals surface area contributed by atoms with Gasteiger partial charge in [-0.25, -0.2) is 4.79 Å². The number of imide groups is 2. The monoisotopic (exact) mass is 226 g/mol. The Morgan fingerprint density at radius 3 is 1.69 bits per heavy atom. The van der Waals surface area contributed by atoms with E-state index < -0.39 is 11.9 Å². The van der Waals surface area contributed by atoms with Crippen molar-refractivity contribution in [3.8, 4) is 0 Å². The summed E-state index contributed by atoms with van der Waals surface area (Å²) < 4.78 is 0. The fraction of sp³-hybridized carbons (Fsp3) is 0.727. The van der Waals surface area contributed by atoms with E-state index in [-0.39, 0.29) is 22.7 Å². The minimum absolute atomic E-state index is 0.117. The van der Waals surface area contributed by atoms with E-state index in [0.29, 0.717) is 0 Å². The van der Waals surface area contributed by atoms with Crippen LogP contribution in [0.2, 0.25) is 0 Å². The number of urea groups is 1. The van der Waals surface area contributed by atoms with Gasteiger partial charge in [-0.05, 0) is 10.8 Å². The van der Waals surface area contributed by atoms with Crippen LogP contribution >= 0.6 is 0 Å². The normalized spacial score (nSPS) is 21.1. The van der Waals surface area contributed by atoms with Gasteiger partial charge in [-0.1, -0.05) is 27.7 Å². The van der Waals surface area contributed by atoms with E-state index in [9.17, 15) is 14.4 Å². The van der Waals surface area contributed by atoms with Crippen LogP contribution in [0.15, 0.2) is 0 Å². The van der Waals surface area contributed by atoms with E-state index in [2.05, 4.69) is 5.32 Å². The second-order valence-electron chi connectivity index (χ2n) is 5.38. The summed E-state index contributed by atoms with van der Waals surface area (Å²) in [7, 11) is 0. The molecule has 5 heteroatoms. The van der Waals surface area contributed by atoms with Crippen LogP contribution in [0.4, 0.5) is 4.79 Å². The Labute approximate surface area is 95.0 Å². The van der Waals surface area contributed by atoms with E-state index in [4.69, 9.17) is 0 Å². The molecule has 0 spiro atoms. The second kappa shape index (κ2) is 3.57. The molecular formula is C11H18N2O3. The molecule has 0 saturated heterocycles. The molecule has 0 aliphatic heterocycles. The van der Waals surface area contributed by atoms with E-state index >= 15 is 0 Å². The predicted molar refractivity (Wildman–Crippen MR) is 58.4 cm³/mol. The topological polar surface area (TPSA) is 75.3 Å². The summed E-state index contributed by atoms with van der Waals surface area (Å²) in [5, 5.41) is 4.18. The van der Waals surface area contributed by atoms with Crippen molar-refractivity contribution in [3.05, 3.63) is 0 Å². The molecule has 5 nitrogen and oxygen atoms in total. The molecule has 1 rings (SSSR count). The van der Waals surface area contributed by atoms with E-state index in [1.165, 1.54) is 6.92 Å². The van der Waals surface area contributed by atoms with Gasteiger partial charge in [-0.2, -0.15) is 0 Å². The van der Waals surface area contributed by atoms with Crippen molar-refractivity contribution in [1.29, 1.82) is 0 Å². The molecule has 0 atom stereocenters. The summed E-state index contributed by atoms with van der Waals surface area (Å²) in [5.74, 6) is -1.01. The van der Waals surface area contributed by atoms with Crippen molar-refractivity contribution in [2.45, 2.75) is 34.6 Å². The molecule has 4 amide bonds. The molecule has 0 aromatic carbocycles. The van der Waals surface area contributed by atoms with Gasteiger partial charge in [-0.15, -0.1) is 0 Å². The van der Waals surface area contributed by atoms with Crippen molar-refractivity contribution >= 4 is 17.8 Å². The lowest BCUT2D eigenvalue weighted by atomic mass is 10.0. The maximum Gasteiger partial charge on any atom is 0.328 e. The molecule has 0 bridgehead atoms. The number of rotatable bonds is 1. The van der Waals surface area contributed by atoms with Crippen LogP contribution in [0, 0.1) is 16.7 Å². The van der Waals surface area contributed by atoms with Gasteiger partial charge >= 0.3 is 6.03 Å². The summed E-state index contributed by atoms with van der Waals surface area (Å²) in [6, 6.07) is -0.754. The first-order chi connectivity index (χ1) is 7.10. The lowest BCUT2D eigenvalue weighted by molar-refractivity contribution is -0.122. The molecule has 2 N–H and O–H groups in total. The minimum Gasteiger partial charge on any atom is -0.278 e. The molecule has 0 aromatic rings. The third-order valence-corrected chi connectivity index (χ3v) is 3.81. The fourth-order valence-electron chi connectivity index (χ4n) is 2.23. The number of hydrogen-bond donors (Lipinski definition) is 2. The average molecular weight is 226 g/mol. The van der Waals surface area contributed by atoms with Crippen LogP contribution in [0.25, 0.3) is 0 Å². The van der Waals surface area contributed by atoms with Gasteiger partial charge in [0, 0.05) is 12.8 Å². The standard InChI is InChI=1S/C11H18N2O3/c1-6(14)12-9(16)13-8(15)7-10(2,3)11(7,4)5/h7H,1-5H3,(H2,12,13,14,15,16). The summed E-state index contributed by atoms with van der Waals surface area (Å²) in [4.78, 5) is 33.5. The average Bonchev–Trinajstić information content (AvgIpc) is 2.39. The van der Waals surface area contributed by atoms with E-state index in [0.717, 1.165) is 0 Å². The fourth-order valence-corrected chi connectivity index (χ4v) is 2.23. The molecule has 0 unspecified atom stereocenters. The van der Waals surface area contributed by atoms with Crippen LogP contribution in [0.5, 0.6) is 0 Å².